The summed E-state index contributed by atoms with van der Waals surface area (Å²) in [6, 6.07) is 5.05. The van der Waals surface area contributed by atoms with Gasteiger partial charge in [-0.1, -0.05) is 0 Å². The molecule has 18 heavy (non-hydrogen) atoms. The van der Waals surface area contributed by atoms with Crippen LogP contribution in [-0.2, 0) is 10.0 Å². The molecular weight excluding hydrogens is 386 g/mol. The van der Waals surface area contributed by atoms with Crippen molar-refractivity contribution in [3.63, 3.8) is 0 Å². The van der Waals surface area contributed by atoms with Gasteiger partial charge in [0, 0.05) is 8.95 Å². The van der Waals surface area contributed by atoms with Crippen molar-refractivity contribution in [1.29, 1.82) is 0 Å². The highest BCUT2D eigenvalue weighted by molar-refractivity contribution is 9.11. The first-order valence-electron chi connectivity index (χ1n) is 4.88. The number of H-pyrrole nitrogens is 1. The molecule has 0 aliphatic carbocycles. The zero-order valence-electron chi connectivity index (χ0n) is 9.24. The topological polar surface area (TPSA) is 74.8 Å². The third-order valence-corrected chi connectivity index (χ3v) is 4.72. The SMILES string of the molecule is Cc1cc(Br)c(NS(=O)(=O)c2ccn[nH]2)c(Br)c1. The maximum Gasteiger partial charge on any atom is 0.278 e. The number of benzene rings is 1. The lowest BCUT2D eigenvalue weighted by Crippen LogP contribution is -2.14. The average molecular weight is 395 g/mol. The van der Waals surface area contributed by atoms with E-state index in [9.17, 15) is 8.42 Å². The molecule has 0 atom stereocenters. The molecule has 0 saturated carbocycles. The van der Waals surface area contributed by atoms with Gasteiger partial charge in [0.1, 0.15) is 0 Å². The van der Waals surface area contributed by atoms with Crippen molar-refractivity contribution >= 4 is 47.6 Å². The first-order chi connectivity index (χ1) is 8.40. The number of nitrogens with one attached hydrogen (secondary N) is 2. The van der Waals surface area contributed by atoms with E-state index < -0.39 is 10.0 Å². The molecule has 0 fully saturated rings. The summed E-state index contributed by atoms with van der Waals surface area (Å²) in [7, 11) is -3.66. The van der Waals surface area contributed by atoms with Crippen molar-refractivity contribution in [2.75, 3.05) is 4.72 Å². The lowest BCUT2D eigenvalue weighted by Gasteiger charge is -2.11. The molecule has 96 valence electrons. The zero-order chi connectivity index (χ0) is 13.3. The van der Waals surface area contributed by atoms with E-state index >= 15 is 0 Å². The van der Waals surface area contributed by atoms with Gasteiger partial charge in [-0.3, -0.25) is 9.82 Å². The van der Waals surface area contributed by atoms with Gasteiger partial charge >= 0.3 is 0 Å². The molecule has 0 unspecified atom stereocenters. The molecule has 0 radical (unpaired) electrons. The summed E-state index contributed by atoms with van der Waals surface area (Å²) in [5, 5.41) is 6.05. The van der Waals surface area contributed by atoms with E-state index in [1.165, 1.54) is 12.3 Å². The molecule has 2 rings (SSSR count). The van der Waals surface area contributed by atoms with Crippen molar-refractivity contribution in [3.05, 3.63) is 38.9 Å². The Kier molecular flexibility index (Phi) is 3.79. The summed E-state index contributed by atoms with van der Waals surface area (Å²) in [6.07, 6.45) is 1.38. The number of aromatic amines is 1. The van der Waals surface area contributed by atoms with Crippen molar-refractivity contribution in [2.45, 2.75) is 11.9 Å². The zero-order valence-corrected chi connectivity index (χ0v) is 13.2. The van der Waals surface area contributed by atoms with Gasteiger partial charge in [0.25, 0.3) is 10.0 Å². The van der Waals surface area contributed by atoms with Gasteiger partial charge in [0.05, 0.1) is 11.9 Å². The Hall–Kier alpha value is -0.860. The van der Waals surface area contributed by atoms with Crippen LogP contribution in [0.4, 0.5) is 5.69 Å². The van der Waals surface area contributed by atoms with Crippen LogP contribution in [-0.4, -0.2) is 18.6 Å². The Balaban J connectivity index is 2.42. The molecule has 2 aromatic rings. The van der Waals surface area contributed by atoms with Crippen molar-refractivity contribution in [3.8, 4) is 0 Å². The molecule has 1 heterocycles. The van der Waals surface area contributed by atoms with Crippen molar-refractivity contribution in [1.82, 2.24) is 10.2 Å². The number of nitrogens with zero attached hydrogens (tertiary/aromatic N) is 1. The van der Waals surface area contributed by atoms with Gasteiger partial charge in [-0.15, -0.1) is 0 Å². The van der Waals surface area contributed by atoms with Crippen LogP contribution in [0.3, 0.4) is 0 Å². The molecule has 8 heteroatoms. The normalized spacial score (nSPS) is 11.5. The fourth-order valence-corrected chi connectivity index (χ4v) is 4.27. The minimum absolute atomic E-state index is 0.0156. The van der Waals surface area contributed by atoms with Gasteiger partial charge in [-0.25, -0.2) is 0 Å². The molecule has 0 saturated heterocycles. The van der Waals surface area contributed by atoms with E-state index in [1.807, 2.05) is 19.1 Å². The van der Waals surface area contributed by atoms with Gasteiger partial charge < -0.3 is 0 Å². The standard InChI is InChI=1S/C10H9Br2N3O2S/c1-6-4-7(11)10(8(12)5-6)15-18(16,17)9-2-3-13-14-9/h2-5,15H,1H3,(H,13,14). The molecule has 0 amide bonds. The third kappa shape index (κ3) is 2.76. The van der Waals surface area contributed by atoms with Crippen molar-refractivity contribution < 1.29 is 8.42 Å². The quantitative estimate of drug-likeness (QED) is 0.839. The minimum Gasteiger partial charge on any atom is -0.276 e. The summed E-state index contributed by atoms with van der Waals surface area (Å²) in [4.78, 5) is 0. The number of rotatable bonds is 3. The van der Waals surface area contributed by atoms with E-state index in [0.717, 1.165) is 5.56 Å². The van der Waals surface area contributed by atoms with E-state index in [1.54, 1.807) is 0 Å². The number of sulfonamides is 1. The summed E-state index contributed by atoms with van der Waals surface area (Å²) >= 11 is 6.66. The Labute approximate surface area is 121 Å². The highest BCUT2D eigenvalue weighted by Gasteiger charge is 2.18. The average Bonchev–Trinajstić information content (AvgIpc) is 2.77. The Morgan fingerprint density at radius 2 is 1.89 bits per heavy atom. The molecule has 0 bridgehead atoms. The Morgan fingerprint density at radius 3 is 2.39 bits per heavy atom. The molecular formula is C10H9Br2N3O2S. The maximum absolute atomic E-state index is 12.0. The van der Waals surface area contributed by atoms with Gasteiger partial charge in [-0.05, 0) is 62.5 Å². The fraction of sp³-hybridized carbons (Fsp3) is 0.100. The first-order valence-corrected chi connectivity index (χ1v) is 7.95. The lowest BCUT2D eigenvalue weighted by atomic mass is 10.2. The van der Waals surface area contributed by atoms with Crippen LogP contribution in [0.5, 0.6) is 0 Å². The predicted molar refractivity (Wildman–Crippen MR) is 76.0 cm³/mol. The summed E-state index contributed by atoms with van der Waals surface area (Å²) in [5.74, 6) is 0. The van der Waals surface area contributed by atoms with Crippen LogP contribution < -0.4 is 4.72 Å². The number of aryl methyl sites for hydroxylation is 1. The van der Waals surface area contributed by atoms with Gasteiger partial charge in [0.15, 0.2) is 5.03 Å². The second-order valence-corrected chi connectivity index (χ2v) is 6.99. The van der Waals surface area contributed by atoms with Crippen LogP contribution >= 0.6 is 31.9 Å². The predicted octanol–water partition coefficient (Wildman–Crippen LogP) is 3.04. The van der Waals surface area contributed by atoms with Crippen LogP contribution in [0.25, 0.3) is 0 Å². The fourth-order valence-electron chi connectivity index (χ4n) is 1.38. The monoisotopic (exact) mass is 393 g/mol. The molecule has 0 aliphatic heterocycles. The summed E-state index contributed by atoms with van der Waals surface area (Å²) in [5.41, 5.74) is 1.47. The van der Waals surface area contributed by atoms with E-state index in [4.69, 9.17) is 0 Å². The Bertz CT molecular complexity index is 645. The molecule has 1 aromatic heterocycles. The highest BCUT2D eigenvalue weighted by Crippen LogP contribution is 2.33. The van der Waals surface area contributed by atoms with E-state index in [2.05, 4.69) is 46.8 Å². The largest absolute Gasteiger partial charge is 0.278 e. The van der Waals surface area contributed by atoms with E-state index in [-0.39, 0.29) is 5.03 Å². The number of hydrogen-bond donors (Lipinski definition) is 2. The molecule has 0 aliphatic rings. The van der Waals surface area contributed by atoms with Gasteiger partial charge in [0.2, 0.25) is 0 Å². The molecule has 1 aromatic carbocycles. The number of hydrogen-bond acceptors (Lipinski definition) is 3. The number of anilines is 1. The number of aromatic nitrogens is 2. The Morgan fingerprint density at radius 1 is 1.28 bits per heavy atom. The lowest BCUT2D eigenvalue weighted by molar-refractivity contribution is 0.597. The summed E-state index contributed by atoms with van der Waals surface area (Å²) < 4.78 is 27.9. The first kappa shape index (κ1) is 13.6. The van der Waals surface area contributed by atoms with Crippen LogP contribution in [0.1, 0.15) is 5.56 Å². The molecule has 2 N–H and O–H groups in total. The number of halogens is 2. The van der Waals surface area contributed by atoms with Crippen LogP contribution in [0, 0.1) is 6.92 Å². The van der Waals surface area contributed by atoms with Crippen LogP contribution in [0.15, 0.2) is 38.4 Å². The molecule has 5 nitrogen and oxygen atoms in total. The second kappa shape index (κ2) is 5.02. The minimum atomic E-state index is -3.66. The second-order valence-electron chi connectivity index (χ2n) is 3.63. The smallest absolute Gasteiger partial charge is 0.276 e. The van der Waals surface area contributed by atoms with Crippen molar-refractivity contribution in [2.24, 2.45) is 0 Å². The summed E-state index contributed by atoms with van der Waals surface area (Å²) in [6.45, 7) is 1.92. The van der Waals surface area contributed by atoms with E-state index in [0.29, 0.717) is 14.6 Å². The maximum atomic E-state index is 12.0. The third-order valence-electron chi connectivity index (χ3n) is 2.19. The highest BCUT2D eigenvalue weighted by atomic mass is 79.9. The van der Waals surface area contributed by atoms with Crippen LogP contribution in [0.2, 0.25) is 0 Å². The van der Waals surface area contributed by atoms with Gasteiger partial charge in [-0.2, -0.15) is 13.5 Å². The molecule has 0 spiro atoms.